The van der Waals surface area contributed by atoms with E-state index in [2.05, 4.69) is 31.2 Å². The van der Waals surface area contributed by atoms with Crippen molar-refractivity contribution in [3.63, 3.8) is 0 Å². The molecule has 0 aliphatic rings. The maximum Gasteiger partial charge on any atom is 0.302 e. The molecule has 0 atom stereocenters. The summed E-state index contributed by atoms with van der Waals surface area (Å²) in [6.07, 6.45) is 0. The van der Waals surface area contributed by atoms with Gasteiger partial charge in [-0.1, -0.05) is 47.7 Å². The van der Waals surface area contributed by atoms with Crippen molar-refractivity contribution in [3.8, 4) is 0 Å². The van der Waals surface area contributed by atoms with Gasteiger partial charge in [0, 0.05) is 22.3 Å². The summed E-state index contributed by atoms with van der Waals surface area (Å²) in [6, 6.07) is 16.4. The van der Waals surface area contributed by atoms with Crippen molar-refractivity contribution >= 4 is 17.7 Å². The number of hydrogen-bond acceptors (Lipinski definition) is 3. The van der Waals surface area contributed by atoms with Crippen LogP contribution in [0.1, 0.15) is 18.1 Å². The van der Waals surface area contributed by atoms with Crippen molar-refractivity contribution in [2.24, 2.45) is 0 Å². The molecule has 0 aliphatic heterocycles. The molecule has 98 valence electrons. The Labute approximate surface area is 117 Å². The predicted octanol–water partition coefficient (Wildman–Crippen LogP) is 4.21. The lowest BCUT2D eigenvalue weighted by Crippen LogP contribution is -1.99. The van der Waals surface area contributed by atoms with Gasteiger partial charge in [0.2, 0.25) is 0 Å². The van der Waals surface area contributed by atoms with E-state index in [1.165, 1.54) is 17.4 Å². The van der Waals surface area contributed by atoms with Gasteiger partial charge in [-0.05, 0) is 25.1 Å². The molecule has 0 heterocycles. The molecule has 0 radical (unpaired) electrons. The Balaban J connectivity index is 2.15. The molecule has 0 saturated heterocycles. The van der Waals surface area contributed by atoms with Crippen molar-refractivity contribution in [2.45, 2.75) is 30.2 Å². The molecule has 2 aromatic rings. The van der Waals surface area contributed by atoms with E-state index in [1.807, 2.05) is 24.3 Å². The Morgan fingerprint density at radius 2 is 1.79 bits per heavy atom. The van der Waals surface area contributed by atoms with Crippen LogP contribution in [0, 0.1) is 6.92 Å². The molecule has 0 fully saturated rings. The number of hydrogen-bond donors (Lipinski definition) is 0. The average molecular weight is 272 g/mol. The number of esters is 1. The van der Waals surface area contributed by atoms with Crippen molar-refractivity contribution in [1.29, 1.82) is 0 Å². The lowest BCUT2D eigenvalue weighted by Gasteiger charge is -2.09. The molecule has 3 heteroatoms. The van der Waals surface area contributed by atoms with Gasteiger partial charge in [-0.2, -0.15) is 0 Å². The smallest absolute Gasteiger partial charge is 0.302 e. The monoisotopic (exact) mass is 272 g/mol. The van der Waals surface area contributed by atoms with Gasteiger partial charge in [-0.25, -0.2) is 0 Å². The number of aryl methyl sites for hydroxylation is 1. The first kappa shape index (κ1) is 13.7. The fourth-order valence-electron chi connectivity index (χ4n) is 1.64. The molecular weight excluding hydrogens is 256 g/mol. The zero-order valence-corrected chi connectivity index (χ0v) is 11.9. The maximum atomic E-state index is 10.9. The molecular formula is C16H16O2S. The van der Waals surface area contributed by atoms with E-state index in [-0.39, 0.29) is 5.97 Å². The minimum atomic E-state index is -0.255. The lowest BCUT2D eigenvalue weighted by molar-refractivity contribution is -0.142. The quantitative estimate of drug-likeness (QED) is 0.780. The van der Waals surface area contributed by atoms with Gasteiger partial charge in [0.1, 0.15) is 6.61 Å². The van der Waals surface area contributed by atoms with Crippen LogP contribution < -0.4 is 0 Å². The highest BCUT2D eigenvalue weighted by molar-refractivity contribution is 7.99. The van der Waals surface area contributed by atoms with E-state index < -0.39 is 0 Å². The molecule has 0 bridgehead atoms. The third-order valence-electron chi connectivity index (χ3n) is 2.65. The fourth-order valence-corrected chi connectivity index (χ4v) is 2.57. The highest BCUT2D eigenvalue weighted by Gasteiger charge is 2.05. The Kier molecular flexibility index (Phi) is 4.63. The van der Waals surface area contributed by atoms with Crippen LogP contribution in [0.4, 0.5) is 0 Å². The predicted molar refractivity (Wildman–Crippen MR) is 77.2 cm³/mol. The zero-order chi connectivity index (χ0) is 13.7. The summed E-state index contributed by atoms with van der Waals surface area (Å²) in [5, 5.41) is 0. The zero-order valence-electron chi connectivity index (χ0n) is 11.1. The minimum absolute atomic E-state index is 0.255. The molecule has 2 nitrogen and oxygen atoms in total. The second kappa shape index (κ2) is 6.43. The van der Waals surface area contributed by atoms with E-state index in [0.29, 0.717) is 6.61 Å². The van der Waals surface area contributed by atoms with E-state index in [0.717, 1.165) is 10.5 Å². The number of rotatable bonds is 4. The largest absolute Gasteiger partial charge is 0.461 e. The third-order valence-corrected chi connectivity index (χ3v) is 3.78. The highest BCUT2D eigenvalue weighted by Crippen LogP contribution is 2.30. The van der Waals surface area contributed by atoms with Crippen LogP contribution in [0.15, 0.2) is 58.3 Å². The van der Waals surface area contributed by atoms with Gasteiger partial charge in [-0.15, -0.1) is 0 Å². The second-order valence-corrected chi connectivity index (χ2v) is 5.42. The van der Waals surface area contributed by atoms with Crippen molar-refractivity contribution in [3.05, 3.63) is 59.7 Å². The number of carbonyl (C=O) groups excluding carboxylic acids is 1. The van der Waals surface area contributed by atoms with Gasteiger partial charge in [-0.3, -0.25) is 4.79 Å². The van der Waals surface area contributed by atoms with Gasteiger partial charge >= 0.3 is 5.97 Å². The lowest BCUT2D eigenvalue weighted by atomic mass is 10.2. The van der Waals surface area contributed by atoms with Crippen LogP contribution in [0.5, 0.6) is 0 Å². The number of carbonyl (C=O) groups is 1. The molecule has 0 spiro atoms. The highest BCUT2D eigenvalue weighted by atomic mass is 32.2. The Morgan fingerprint density at radius 3 is 2.47 bits per heavy atom. The standard InChI is InChI=1S/C16H16O2S/c1-12-7-9-15(10-8-12)19-16-6-4-3-5-14(16)11-18-13(2)17/h3-10H,11H2,1-2H3. The Bertz CT molecular complexity index is 561. The summed E-state index contributed by atoms with van der Waals surface area (Å²) in [5.74, 6) is -0.255. The molecule has 2 rings (SSSR count). The first-order valence-corrected chi connectivity index (χ1v) is 6.92. The van der Waals surface area contributed by atoms with E-state index >= 15 is 0 Å². The van der Waals surface area contributed by atoms with Gasteiger partial charge in [0.25, 0.3) is 0 Å². The second-order valence-electron chi connectivity index (χ2n) is 4.30. The average Bonchev–Trinajstić information content (AvgIpc) is 2.40. The van der Waals surface area contributed by atoms with E-state index in [9.17, 15) is 4.79 Å². The van der Waals surface area contributed by atoms with Gasteiger partial charge < -0.3 is 4.74 Å². The van der Waals surface area contributed by atoms with Gasteiger partial charge in [0.15, 0.2) is 0 Å². The summed E-state index contributed by atoms with van der Waals surface area (Å²) < 4.78 is 5.07. The van der Waals surface area contributed by atoms with E-state index in [4.69, 9.17) is 4.74 Å². The summed E-state index contributed by atoms with van der Waals surface area (Å²) in [7, 11) is 0. The van der Waals surface area contributed by atoms with Crippen LogP contribution >= 0.6 is 11.8 Å². The molecule has 0 aromatic heterocycles. The molecule has 0 amide bonds. The normalized spacial score (nSPS) is 10.2. The summed E-state index contributed by atoms with van der Waals surface area (Å²) >= 11 is 1.68. The van der Waals surface area contributed by atoms with E-state index in [1.54, 1.807) is 11.8 Å². The minimum Gasteiger partial charge on any atom is -0.461 e. The topological polar surface area (TPSA) is 26.3 Å². The van der Waals surface area contributed by atoms with Crippen molar-refractivity contribution in [2.75, 3.05) is 0 Å². The first-order chi connectivity index (χ1) is 9.15. The Hall–Kier alpha value is -1.74. The SMILES string of the molecule is CC(=O)OCc1ccccc1Sc1ccc(C)cc1. The maximum absolute atomic E-state index is 10.9. The van der Waals surface area contributed by atoms with Crippen LogP contribution in [0.2, 0.25) is 0 Å². The van der Waals surface area contributed by atoms with Crippen LogP contribution in [-0.4, -0.2) is 5.97 Å². The molecule has 2 aromatic carbocycles. The summed E-state index contributed by atoms with van der Waals surface area (Å²) in [5.41, 5.74) is 2.28. The fraction of sp³-hybridized carbons (Fsp3) is 0.188. The molecule has 0 N–H and O–H groups in total. The summed E-state index contributed by atoms with van der Waals surface area (Å²) in [4.78, 5) is 13.2. The summed E-state index contributed by atoms with van der Waals surface area (Å²) in [6.45, 7) is 3.82. The molecule has 19 heavy (non-hydrogen) atoms. The number of benzene rings is 2. The number of ether oxygens (including phenoxy) is 1. The van der Waals surface area contributed by atoms with Crippen LogP contribution in [0.25, 0.3) is 0 Å². The molecule has 0 saturated carbocycles. The third kappa shape index (κ3) is 4.14. The first-order valence-electron chi connectivity index (χ1n) is 6.11. The van der Waals surface area contributed by atoms with Crippen molar-refractivity contribution < 1.29 is 9.53 Å². The molecule has 0 aliphatic carbocycles. The van der Waals surface area contributed by atoms with Crippen molar-refractivity contribution in [1.82, 2.24) is 0 Å². The Morgan fingerprint density at radius 1 is 1.11 bits per heavy atom. The molecule has 0 unspecified atom stereocenters. The van der Waals surface area contributed by atoms with Crippen LogP contribution in [-0.2, 0) is 16.1 Å². The van der Waals surface area contributed by atoms with Gasteiger partial charge in [0.05, 0.1) is 0 Å². The van der Waals surface area contributed by atoms with Crippen LogP contribution in [0.3, 0.4) is 0 Å².